The first-order chi connectivity index (χ1) is 20.5. The molecule has 1 aliphatic heterocycles. The number of sulfonamides is 1. The summed E-state index contributed by atoms with van der Waals surface area (Å²) in [5, 5.41) is -0.401. The zero-order chi connectivity index (χ0) is 30.7. The molecule has 5 rings (SSSR count). The fraction of sp³-hybridized carbons (Fsp3) is 0.379. The van der Waals surface area contributed by atoms with Crippen molar-refractivity contribution >= 4 is 62.6 Å². The first-order valence-electron chi connectivity index (χ1n) is 13.2. The number of nitrogens with zero attached hydrogens (tertiary/aromatic N) is 1. The number of H-pyrrole nitrogens is 1. The molecule has 2 aromatic carbocycles. The highest BCUT2D eigenvalue weighted by Crippen LogP contribution is 2.39. The highest BCUT2D eigenvalue weighted by atomic mass is 35.5. The van der Waals surface area contributed by atoms with Gasteiger partial charge in [-0.3, -0.25) is 0 Å². The van der Waals surface area contributed by atoms with Gasteiger partial charge in [0.15, 0.2) is 29.3 Å². The minimum Gasteiger partial charge on any atom is -0.489 e. The number of rotatable bonds is 12. The number of pyridine rings is 1. The van der Waals surface area contributed by atoms with Crippen LogP contribution in [0.15, 0.2) is 59.8 Å². The van der Waals surface area contributed by atoms with Gasteiger partial charge in [0.2, 0.25) is 10.0 Å². The molecule has 0 spiro atoms. The van der Waals surface area contributed by atoms with Crippen LogP contribution in [0.2, 0.25) is 15.1 Å². The van der Waals surface area contributed by atoms with E-state index in [9.17, 15) is 22.0 Å². The van der Waals surface area contributed by atoms with Gasteiger partial charge >= 0.3 is 12.6 Å². The maximum absolute atomic E-state index is 13.7. The molecule has 0 radical (unpaired) electrons. The average molecular weight is 711 g/mol. The first kappa shape index (κ1) is 34.5. The largest absolute Gasteiger partial charge is 0.489 e. The van der Waals surface area contributed by atoms with Crippen LogP contribution in [0.4, 0.5) is 8.78 Å². The number of carbonyl (C=O) groups is 1. The quantitative estimate of drug-likeness (QED) is 0.186. The Bertz CT molecular complexity index is 1580. The molecule has 2 heterocycles. The van der Waals surface area contributed by atoms with E-state index in [1.165, 1.54) is 48.8 Å². The number of hydrogen-bond acceptors (Lipinski definition) is 7. The summed E-state index contributed by atoms with van der Waals surface area (Å²) < 4.78 is 70.7. The maximum Gasteiger partial charge on any atom is 0.387 e. The van der Waals surface area contributed by atoms with E-state index in [4.69, 9.17) is 44.3 Å². The number of benzene rings is 2. The molecular weight excluding hydrogens is 681 g/mol. The summed E-state index contributed by atoms with van der Waals surface area (Å²) in [6, 6.07) is 10.0. The van der Waals surface area contributed by atoms with Crippen molar-refractivity contribution in [1.82, 2.24) is 4.31 Å². The molecule has 1 saturated heterocycles. The SMILES string of the molecule is C.O=C(O[C@@H](Cc1c(Cl)c[nH+]cc1Cl)c1ccc(OC(F)F)c(OCC2CC2)c1)C1SCCN1S(=O)(=O)c1cccc(Cl)c1. The second-order valence-electron chi connectivity index (χ2n) is 9.89. The van der Waals surface area contributed by atoms with Gasteiger partial charge in [0.25, 0.3) is 0 Å². The molecule has 8 nitrogen and oxygen atoms in total. The number of thioether (sulfide) groups is 1. The van der Waals surface area contributed by atoms with Crippen LogP contribution >= 0.6 is 46.6 Å². The standard InChI is InChI=1S/C28H25Cl3F2N2O6S2.CH4/c29-18-2-1-3-19(11-18)43(37,38)35-8-9-42-26(35)27(36)40-24(12-20-21(30)13-34-14-22(20)31)17-6-7-23(41-28(32)33)25(10-17)39-15-16-4-5-16;/h1-3,6-7,10-11,13-14,16,24,26,28H,4-5,8-9,12,15H2;1H4/p+1/t24-,26?;/m0./s1. The Hall–Kier alpha value is -2.35. The predicted molar refractivity (Wildman–Crippen MR) is 165 cm³/mol. The van der Waals surface area contributed by atoms with Gasteiger partial charge in [-0.1, -0.05) is 54.4 Å². The van der Waals surface area contributed by atoms with Gasteiger partial charge in [-0.05, 0) is 54.7 Å². The third-order valence-corrected chi connectivity index (χ3v) is 10.9. The molecule has 2 atom stereocenters. The van der Waals surface area contributed by atoms with Gasteiger partial charge in [0.05, 0.1) is 11.5 Å². The number of nitrogens with one attached hydrogen (secondary N) is 1. The molecule has 1 N–H and O–H groups in total. The summed E-state index contributed by atoms with van der Waals surface area (Å²) in [6.07, 6.45) is 3.91. The zero-order valence-electron chi connectivity index (χ0n) is 22.4. The van der Waals surface area contributed by atoms with E-state index in [2.05, 4.69) is 9.72 Å². The van der Waals surface area contributed by atoms with Crippen molar-refractivity contribution in [2.24, 2.45) is 5.92 Å². The molecule has 1 aromatic heterocycles. The number of hydrogen-bond donors (Lipinski definition) is 0. The number of ether oxygens (including phenoxy) is 3. The van der Waals surface area contributed by atoms with Gasteiger partial charge in [-0.15, -0.1) is 11.8 Å². The molecule has 0 bridgehead atoms. The van der Waals surface area contributed by atoms with Gasteiger partial charge < -0.3 is 14.2 Å². The number of alkyl halides is 2. The molecule has 2 aliphatic rings. The highest BCUT2D eigenvalue weighted by Gasteiger charge is 2.42. The van der Waals surface area contributed by atoms with E-state index < -0.39 is 34.1 Å². The van der Waals surface area contributed by atoms with Gasteiger partial charge in [0, 0.05) is 29.3 Å². The Morgan fingerprint density at radius 2 is 1.80 bits per heavy atom. The molecular formula is C29H30Cl3F2N2O6S2+. The van der Waals surface area contributed by atoms with Crippen molar-refractivity contribution in [3.05, 3.63) is 81.1 Å². The predicted octanol–water partition coefficient (Wildman–Crippen LogP) is 7.08. The minimum absolute atomic E-state index is 0. The van der Waals surface area contributed by atoms with Crippen LogP contribution in [0.5, 0.6) is 11.5 Å². The fourth-order valence-electron chi connectivity index (χ4n) is 4.46. The number of aromatic nitrogens is 1. The van der Waals surface area contributed by atoms with Crippen molar-refractivity contribution in [3.8, 4) is 11.5 Å². The molecule has 0 amide bonds. The van der Waals surface area contributed by atoms with Crippen LogP contribution < -0.4 is 14.5 Å². The van der Waals surface area contributed by atoms with Crippen molar-refractivity contribution in [1.29, 1.82) is 0 Å². The molecule has 1 saturated carbocycles. The van der Waals surface area contributed by atoms with Gasteiger partial charge in [-0.25, -0.2) is 18.2 Å². The summed E-state index contributed by atoms with van der Waals surface area (Å²) in [4.78, 5) is 16.4. The monoisotopic (exact) mass is 709 g/mol. The second-order valence-corrected chi connectivity index (χ2v) is 14.2. The molecule has 3 aromatic rings. The van der Waals surface area contributed by atoms with Crippen molar-refractivity contribution in [2.75, 3.05) is 18.9 Å². The van der Waals surface area contributed by atoms with E-state index in [-0.39, 0.29) is 51.9 Å². The lowest BCUT2D eigenvalue weighted by Gasteiger charge is -2.26. The molecule has 2 fully saturated rings. The second kappa shape index (κ2) is 14.8. The summed E-state index contributed by atoms with van der Waals surface area (Å²) in [6.45, 7) is -2.68. The van der Waals surface area contributed by atoms with E-state index >= 15 is 0 Å². The first-order valence-corrected chi connectivity index (χ1v) is 16.8. The van der Waals surface area contributed by atoms with E-state index in [0.29, 0.717) is 29.4 Å². The fourth-order valence-corrected chi connectivity index (χ4v) is 8.34. The topological polar surface area (TPSA) is 96.3 Å². The van der Waals surface area contributed by atoms with Crippen LogP contribution in [0.1, 0.15) is 37.5 Å². The zero-order valence-corrected chi connectivity index (χ0v) is 26.3. The summed E-state index contributed by atoms with van der Waals surface area (Å²) >= 11 is 20.0. The van der Waals surface area contributed by atoms with Gasteiger partial charge in [-0.2, -0.15) is 13.1 Å². The van der Waals surface area contributed by atoms with Crippen molar-refractivity contribution < 1.29 is 41.2 Å². The Kier molecular flexibility index (Phi) is 11.6. The van der Waals surface area contributed by atoms with E-state index in [1.54, 1.807) is 6.07 Å². The third kappa shape index (κ3) is 8.27. The van der Waals surface area contributed by atoms with Crippen LogP contribution in [0.25, 0.3) is 0 Å². The third-order valence-electron chi connectivity index (χ3n) is 6.82. The summed E-state index contributed by atoms with van der Waals surface area (Å²) in [5.41, 5.74) is 0.837. The Balaban J connectivity index is 0.00000442. The molecule has 1 aliphatic carbocycles. The molecule has 1 unspecified atom stereocenters. The minimum atomic E-state index is -4.09. The van der Waals surface area contributed by atoms with Crippen molar-refractivity contribution in [2.45, 2.75) is 49.7 Å². The van der Waals surface area contributed by atoms with Crippen LogP contribution in [-0.2, 0) is 26.0 Å². The normalized spacial score (nSPS) is 17.6. The van der Waals surface area contributed by atoms with Crippen molar-refractivity contribution in [3.63, 3.8) is 0 Å². The van der Waals surface area contributed by atoms with Gasteiger partial charge in [0.1, 0.15) is 16.1 Å². The molecule has 44 heavy (non-hydrogen) atoms. The number of carbonyl (C=O) groups excluding carboxylic acids is 1. The Labute approximate surface area is 274 Å². The van der Waals surface area contributed by atoms with Crippen LogP contribution in [-0.4, -0.2) is 49.6 Å². The summed E-state index contributed by atoms with van der Waals surface area (Å²) in [7, 11) is -4.09. The smallest absolute Gasteiger partial charge is 0.387 e. The maximum atomic E-state index is 13.7. The van der Waals surface area contributed by atoms with Crippen LogP contribution in [0.3, 0.4) is 0 Å². The van der Waals surface area contributed by atoms with Crippen LogP contribution in [0, 0.1) is 5.92 Å². The molecule has 15 heteroatoms. The Morgan fingerprint density at radius 1 is 1.07 bits per heavy atom. The van der Waals surface area contributed by atoms with E-state index in [1.807, 2.05) is 0 Å². The average Bonchev–Trinajstić information content (AvgIpc) is 3.65. The Morgan fingerprint density at radius 3 is 2.45 bits per heavy atom. The number of halogens is 5. The van der Waals surface area contributed by atoms with E-state index in [0.717, 1.165) is 28.9 Å². The lowest BCUT2D eigenvalue weighted by atomic mass is 10.0. The summed E-state index contributed by atoms with van der Waals surface area (Å²) in [5.74, 6) is -0.248. The lowest BCUT2D eigenvalue weighted by Crippen LogP contribution is -2.40. The number of aromatic amines is 1. The number of esters is 1. The molecule has 238 valence electrons. The lowest BCUT2D eigenvalue weighted by molar-refractivity contribution is -0.377. The highest BCUT2D eigenvalue weighted by molar-refractivity contribution is 8.02.